The van der Waals surface area contributed by atoms with E-state index in [-0.39, 0.29) is 24.1 Å². The maximum atomic E-state index is 14.0. The lowest BCUT2D eigenvalue weighted by molar-refractivity contribution is -0.212. The Kier molecular flexibility index (Phi) is 3.71. The van der Waals surface area contributed by atoms with Crippen molar-refractivity contribution in [3.63, 3.8) is 0 Å². The highest BCUT2D eigenvalue weighted by Crippen LogP contribution is 2.44. The van der Waals surface area contributed by atoms with Crippen LogP contribution >= 0.6 is 0 Å². The van der Waals surface area contributed by atoms with E-state index < -0.39 is 23.3 Å². The molecule has 1 fully saturated rings. The number of hydrogen-bond donors (Lipinski definition) is 3. The smallest absolute Gasteiger partial charge is 0.352 e. The van der Waals surface area contributed by atoms with Crippen LogP contribution in [0.1, 0.15) is 35.2 Å². The lowest BCUT2D eigenvalue weighted by Crippen LogP contribution is -2.59. The topological polar surface area (TPSA) is 92.4 Å². The zero-order valence-electron chi connectivity index (χ0n) is 11.5. The van der Waals surface area contributed by atoms with Crippen molar-refractivity contribution in [2.75, 3.05) is 5.32 Å². The fourth-order valence-corrected chi connectivity index (χ4v) is 2.15. The van der Waals surface area contributed by atoms with Crippen LogP contribution in [0, 0.1) is 6.92 Å². The van der Waals surface area contributed by atoms with E-state index in [4.69, 9.17) is 5.73 Å². The summed E-state index contributed by atoms with van der Waals surface area (Å²) in [5, 5.41) is 11.8. The van der Waals surface area contributed by atoms with E-state index in [0.29, 0.717) is 12.0 Å². The normalized spacial score (nSPS) is 17.0. The first-order chi connectivity index (χ1) is 9.67. The highest BCUT2D eigenvalue weighted by molar-refractivity contribution is 6.00. The second-order valence-corrected chi connectivity index (χ2v) is 5.31. The van der Waals surface area contributed by atoms with Gasteiger partial charge in [0.2, 0.25) is 5.91 Å². The average molecular weight is 298 g/mol. The quantitative estimate of drug-likeness (QED) is 0.788. The van der Waals surface area contributed by atoms with Crippen LogP contribution in [0.3, 0.4) is 0 Å². The lowest BCUT2D eigenvalue weighted by atomic mass is 9.75. The van der Waals surface area contributed by atoms with Gasteiger partial charge in [0.25, 0.3) is 5.91 Å². The van der Waals surface area contributed by atoms with Gasteiger partial charge in [0, 0.05) is 11.3 Å². The summed E-state index contributed by atoms with van der Waals surface area (Å²) in [5.41, 5.74) is 3.50. The number of primary amides is 1. The standard InChI is InChI=1S/C14H16F2N2O3/c1-8-3-4-9(11(17)19)7-10(8)18-12(20)14(15,16)13(21)5-2-6-13/h3-4,7,21H,2,5-6H2,1H3,(H2,17,19)(H,18,20). The van der Waals surface area contributed by atoms with Gasteiger partial charge in [-0.05, 0) is 43.9 Å². The highest BCUT2D eigenvalue weighted by Gasteiger charge is 2.61. The first-order valence-corrected chi connectivity index (χ1v) is 6.49. The van der Waals surface area contributed by atoms with Crippen molar-refractivity contribution in [1.29, 1.82) is 0 Å². The maximum absolute atomic E-state index is 14.0. The van der Waals surface area contributed by atoms with Gasteiger partial charge < -0.3 is 16.2 Å². The SMILES string of the molecule is Cc1ccc(C(N)=O)cc1NC(=O)C(F)(F)C1(O)CCC1. The van der Waals surface area contributed by atoms with Crippen LogP contribution in [-0.4, -0.2) is 28.4 Å². The predicted octanol–water partition coefficient (Wildman–Crippen LogP) is 1.58. The summed E-state index contributed by atoms with van der Waals surface area (Å²) in [6, 6.07) is 4.16. The molecule has 7 heteroatoms. The Morgan fingerprint density at radius 1 is 1.38 bits per heavy atom. The number of benzene rings is 1. The molecule has 0 atom stereocenters. The van der Waals surface area contributed by atoms with Crippen LogP contribution in [0.4, 0.5) is 14.5 Å². The van der Waals surface area contributed by atoms with Crippen molar-refractivity contribution in [1.82, 2.24) is 0 Å². The molecule has 0 saturated heterocycles. The third-order valence-corrected chi connectivity index (χ3v) is 3.82. The number of aliphatic hydroxyl groups is 1. The number of anilines is 1. The first-order valence-electron chi connectivity index (χ1n) is 6.49. The van der Waals surface area contributed by atoms with Crippen molar-refractivity contribution in [3.8, 4) is 0 Å². The fraction of sp³-hybridized carbons (Fsp3) is 0.429. The Morgan fingerprint density at radius 3 is 2.48 bits per heavy atom. The van der Waals surface area contributed by atoms with Crippen molar-refractivity contribution in [2.24, 2.45) is 5.73 Å². The number of carbonyl (C=O) groups is 2. The Hall–Kier alpha value is -2.02. The molecular weight excluding hydrogens is 282 g/mol. The van der Waals surface area contributed by atoms with Gasteiger partial charge in [-0.15, -0.1) is 0 Å². The summed E-state index contributed by atoms with van der Waals surface area (Å²) < 4.78 is 27.9. The van der Waals surface area contributed by atoms with Crippen molar-refractivity contribution >= 4 is 17.5 Å². The van der Waals surface area contributed by atoms with Gasteiger partial charge in [-0.3, -0.25) is 9.59 Å². The predicted molar refractivity (Wildman–Crippen MR) is 72.1 cm³/mol. The summed E-state index contributed by atoms with van der Waals surface area (Å²) in [7, 11) is 0. The van der Waals surface area contributed by atoms with Crippen LogP contribution in [0.15, 0.2) is 18.2 Å². The Balaban J connectivity index is 2.23. The average Bonchev–Trinajstić information content (AvgIpc) is 2.37. The molecule has 1 aromatic rings. The molecule has 114 valence electrons. The summed E-state index contributed by atoms with van der Waals surface area (Å²) in [5.74, 6) is -6.20. The number of nitrogens with one attached hydrogen (secondary N) is 1. The molecular formula is C14H16F2N2O3. The molecule has 0 unspecified atom stereocenters. The second kappa shape index (κ2) is 5.07. The molecule has 21 heavy (non-hydrogen) atoms. The molecule has 0 heterocycles. The van der Waals surface area contributed by atoms with Gasteiger partial charge in [0.05, 0.1) is 0 Å². The third kappa shape index (κ3) is 2.61. The molecule has 2 rings (SSSR count). The largest absolute Gasteiger partial charge is 0.383 e. The molecule has 1 aliphatic carbocycles. The van der Waals surface area contributed by atoms with E-state index in [2.05, 4.69) is 5.32 Å². The Morgan fingerprint density at radius 2 is 2.00 bits per heavy atom. The van der Waals surface area contributed by atoms with E-state index in [1.807, 2.05) is 0 Å². The van der Waals surface area contributed by atoms with Gasteiger partial charge >= 0.3 is 5.92 Å². The molecule has 4 N–H and O–H groups in total. The van der Waals surface area contributed by atoms with Crippen LogP contribution in [0.25, 0.3) is 0 Å². The van der Waals surface area contributed by atoms with Crippen LogP contribution < -0.4 is 11.1 Å². The number of halogens is 2. The number of rotatable bonds is 4. The summed E-state index contributed by atoms with van der Waals surface area (Å²) >= 11 is 0. The zero-order valence-corrected chi connectivity index (χ0v) is 11.5. The van der Waals surface area contributed by atoms with Gasteiger partial charge in [-0.1, -0.05) is 6.07 Å². The van der Waals surface area contributed by atoms with E-state index >= 15 is 0 Å². The lowest BCUT2D eigenvalue weighted by Gasteiger charge is -2.41. The highest BCUT2D eigenvalue weighted by atomic mass is 19.3. The molecule has 0 radical (unpaired) electrons. The molecule has 0 aliphatic heterocycles. The third-order valence-electron chi connectivity index (χ3n) is 3.82. The van der Waals surface area contributed by atoms with Gasteiger partial charge in [-0.2, -0.15) is 8.78 Å². The molecule has 0 aromatic heterocycles. The van der Waals surface area contributed by atoms with Crippen molar-refractivity contribution in [2.45, 2.75) is 37.7 Å². The molecule has 0 bridgehead atoms. The van der Waals surface area contributed by atoms with Gasteiger partial charge in [0.15, 0.2) is 0 Å². The first kappa shape index (κ1) is 15.4. The summed E-state index contributed by atoms with van der Waals surface area (Å²) in [6.45, 7) is 1.59. The van der Waals surface area contributed by atoms with Gasteiger partial charge in [-0.25, -0.2) is 0 Å². The minimum Gasteiger partial charge on any atom is -0.383 e. The number of amides is 2. The van der Waals surface area contributed by atoms with Crippen molar-refractivity contribution < 1.29 is 23.5 Å². The monoisotopic (exact) mass is 298 g/mol. The molecule has 1 aliphatic rings. The Bertz CT molecular complexity index is 598. The second-order valence-electron chi connectivity index (χ2n) is 5.31. The van der Waals surface area contributed by atoms with E-state index in [9.17, 15) is 23.5 Å². The molecule has 2 amide bonds. The minimum atomic E-state index is -3.89. The minimum absolute atomic E-state index is 0.0684. The number of nitrogens with two attached hydrogens (primary N) is 1. The van der Waals surface area contributed by atoms with E-state index in [1.165, 1.54) is 18.2 Å². The molecule has 1 saturated carbocycles. The maximum Gasteiger partial charge on any atom is 0.352 e. The number of hydrogen-bond acceptors (Lipinski definition) is 3. The Labute approximate surface area is 120 Å². The summed E-state index contributed by atoms with van der Waals surface area (Å²) in [6.07, 6.45) is 0.219. The van der Waals surface area contributed by atoms with E-state index in [1.54, 1.807) is 6.92 Å². The summed E-state index contributed by atoms with van der Waals surface area (Å²) in [4.78, 5) is 22.9. The van der Waals surface area contributed by atoms with Gasteiger partial charge in [0.1, 0.15) is 5.60 Å². The zero-order chi connectivity index (χ0) is 15.8. The molecule has 1 aromatic carbocycles. The van der Waals surface area contributed by atoms with Crippen molar-refractivity contribution in [3.05, 3.63) is 29.3 Å². The number of carbonyl (C=O) groups excluding carboxylic acids is 2. The van der Waals surface area contributed by atoms with Crippen LogP contribution in [0.2, 0.25) is 0 Å². The van der Waals surface area contributed by atoms with Crippen LogP contribution in [-0.2, 0) is 4.79 Å². The number of aryl methyl sites for hydroxylation is 1. The molecule has 0 spiro atoms. The van der Waals surface area contributed by atoms with E-state index in [0.717, 1.165) is 0 Å². The molecule has 5 nitrogen and oxygen atoms in total. The van der Waals surface area contributed by atoms with Crippen LogP contribution in [0.5, 0.6) is 0 Å². The number of alkyl halides is 2. The fourth-order valence-electron chi connectivity index (χ4n) is 2.15.